The molecule has 1 aromatic carbocycles. The normalized spacial score (nSPS) is 11.6. The van der Waals surface area contributed by atoms with Gasteiger partial charge in [0.05, 0.1) is 7.11 Å². The second-order valence-electron chi connectivity index (χ2n) is 5.78. The lowest BCUT2D eigenvalue weighted by Gasteiger charge is -2.11. The Labute approximate surface area is 156 Å². The van der Waals surface area contributed by atoms with Crippen molar-refractivity contribution in [3.05, 3.63) is 54.4 Å². The highest BCUT2D eigenvalue weighted by atomic mass is 19.4. The summed E-state index contributed by atoms with van der Waals surface area (Å²) in [6, 6.07) is 11.1. The van der Waals surface area contributed by atoms with Crippen molar-refractivity contribution >= 4 is 22.5 Å². The van der Waals surface area contributed by atoms with Gasteiger partial charge in [0.1, 0.15) is 11.4 Å². The van der Waals surface area contributed by atoms with Crippen molar-refractivity contribution in [3.8, 4) is 17.0 Å². The van der Waals surface area contributed by atoms with Crippen LogP contribution in [0.5, 0.6) is 5.88 Å². The second-order valence-corrected chi connectivity index (χ2v) is 5.78. The van der Waals surface area contributed by atoms with Gasteiger partial charge in [0.2, 0.25) is 11.5 Å². The van der Waals surface area contributed by atoms with Crippen molar-refractivity contribution in [3.63, 3.8) is 0 Å². The molecule has 3 heterocycles. The quantitative estimate of drug-likeness (QED) is 0.554. The minimum atomic E-state index is -4.46. The molecule has 0 aliphatic heterocycles. The van der Waals surface area contributed by atoms with Crippen LogP contribution in [-0.4, -0.2) is 27.4 Å². The van der Waals surface area contributed by atoms with E-state index >= 15 is 0 Å². The first-order valence-corrected chi connectivity index (χ1v) is 8.02. The van der Waals surface area contributed by atoms with Crippen LogP contribution in [0.4, 0.5) is 24.5 Å². The predicted molar refractivity (Wildman–Crippen MR) is 94.1 cm³/mol. The molecule has 142 valence electrons. The number of methoxy groups -OCH3 is 1. The molecule has 0 radical (unpaired) electrons. The monoisotopic (exact) mass is 387 g/mol. The molecule has 1 N–H and O–H groups in total. The third-order valence-electron chi connectivity index (χ3n) is 3.96. The molecule has 0 fully saturated rings. The summed E-state index contributed by atoms with van der Waals surface area (Å²) in [7, 11) is 1.48. The van der Waals surface area contributed by atoms with Crippen LogP contribution in [-0.2, 0) is 6.18 Å². The van der Waals surface area contributed by atoms with Crippen LogP contribution in [0, 0.1) is 0 Å². The Morgan fingerprint density at radius 2 is 1.75 bits per heavy atom. The fourth-order valence-electron chi connectivity index (χ4n) is 2.59. The van der Waals surface area contributed by atoms with Crippen LogP contribution in [0.25, 0.3) is 22.3 Å². The highest BCUT2D eigenvalue weighted by molar-refractivity contribution is 5.79. The molecule has 0 amide bonds. The van der Waals surface area contributed by atoms with Crippen molar-refractivity contribution in [1.29, 1.82) is 0 Å². The van der Waals surface area contributed by atoms with E-state index in [1.165, 1.54) is 19.4 Å². The molecule has 7 nitrogen and oxygen atoms in total. The van der Waals surface area contributed by atoms with Crippen LogP contribution < -0.4 is 10.1 Å². The summed E-state index contributed by atoms with van der Waals surface area (Å²) in [4.78, 5) is 7.67. The number of anilines is 2. The maximum atomic E-state index is 12.6. The summed E-state index contributed by atoms with van der Waals surface area (Å²) >= 11 is 0. The number of halogens is 3. The molecule has 4 aromatic rings. The van der Waals surface area contributed by atoms with Crippen LogP contribution in [0.15, 0.2) is 53.3 Å². The predicted octanol–water partition coefficient (Wildman–Crippen LogP) is 4.45. The van der Waals surface area contributed by atoms with E-state index in [1.54, 1.807) is 30.3 Å². The van der Waals surface area contributed by atoms with Crippen molar-refractivity contribution < 1.29 is 22.5 Å². The summed E-state index contributed by atoms with van der Waals surface area (Å²) in [6.07, 6.45) is -3.26. The van der Waals surface area contributed by atoms with Gasteiger partial charge in [-0.1, -0.05) is 18.2 Å². The number of nitrogens with zero attached hydrogens (tertiary/aromatic N) is 4. The number of aromatic nitrogens is 4. The topological polar surface area (TPSA) is 86.0 Å². The van der Waals surface area contributed by atoms with E-state index in [9.17, 15) is 13.2 Å². The number of ether oxygens (including phenoxy) is 1. The van der Waals surface area contributed by atoms with E-state index in [-0.39, 0.29) is 0 Å². The zero-order chi connectivity index (χ0) is 19.7. The number of fused-ring (bicyclic) bond motifs is 1. The molecule has 0 saturated heterocycles. The Kier molecular flexibility index (Phi) is 4.30. The second kappa shape index (κ2) is 6.80. The van der Waals surface area contributed by atoms with Crippen molar-refractivity contribution in [2.24, 2.45) is 0 Å². The lowest BCUT2D eigenvalue weighted by Crippen LogP contribution is -2.07. The summed E-state index contributed by atoms with van der Waals surface area (Å²) < 4.78 is 47.7. The first-order valence-electron chi connectivity index (χ1n) is 8.02. The van der Waals surface area contributed by atoms with Gasteiger partial charge >= 0.3 is 6.18 Å². The first-order chi connectivity index (χ1) is 13.4. The summed E-state index contributed by atoms with van der Waals surface area (Å²) in [5.41, 5.74) is 2.46. The van der Waals surface area contributed by atoms with Gasteiger partial charge in [-0.3, -0.25) is 4.98 Å². The first kappa shape index (κ1) is 17.7. The van der Waals surface area contributed by atoms with Crippen molar-refractivity contribution in [2.75, 3.05) is 12.4 Å². The number of hydrogen-bond acceptors (Lipinski definition) is 7. The Hall–Kier alpha value is -3.69. The standard InChI is InChI=1S/C18H12F3N5O2/c1-27-17-14(8-13-16(24-17)26-28-25-13)23-12-5-2-10(3-6-12)11-4-7-15(22-9-11)18(19,20)21/h2-9,23H,1H3. The third kappa shape index (κ3) is 3.43. The minimum Gasteiger partial charge on any atom is -0.479 e. The lowest BCUT2D eigenvalue weighted by atomic mass is 10.1. The molecule has 0 unspecified atom stereocenters. The highest BCUT2D eigenvalue weighted by Crippen LogP contribution is 2.31. The summed E-state index contributed by atoms with van der Waals surface area (Å²) in [5, 5.41) is 10.6. The highest BCUT2D eigenvalue weighted by Gasteiger charge is 2.32. The smallest absolute Gasteiger partial charge is 0.433 e. The number of rotatable bonds is 4. The van der Waals surface area contributed by atoms with Gasteiger partial charge in [-0.15, -0.1) is 0 Å². The Morgan fingerprint density at radius 1 is 1.00 bits per heavy atom. The molecule has 0 aliphatic carbocycles. The maximum absolute atomic E-state index is 12.6. The Balaban J connectivity index is 1.57. The Morgan fingerprint density at radius 3 is 2.39 bits per heavy atom. The van der Waals surface area contributed by atoms with Gasteiger partial charge in [0, 0.05) is 23.5 Å². The van der Waals surface area contributed by atoms with E-state index in [4.69, 9.17) is 4.74 Å². The van der Waals surface area contributed by atoms with Gasteiger partial charge < -0.3 is 10.1 Å². The summed E-state index contributed by atoms with van der Waals surface area (Å²) in [6.45, 7) is 0. The van der Waals surface area contributed by atoms with Crippen LogP contribution >= 0.6 is 0 Å². The Bertz CT molecular complexity index is 1110. The minimum absolute atomic E-state index is 0.319. The van der Waals surface area contributed by atoms with Gasteiger partial charge in [0.25, 0.3) is 0 Å². The van der Waals surface area contributed by atoms with E-state index in [1.807, 2.05) is 0 Å². The third-order valence-corrected chi connectivity index (χ3v) is 3.96. The SMILES string of the molecule is COc1nc2nonc2cc1Nc1ccc(-c2ccc(C(F)(F)F)nc2)cc1. The molecule has 0 aliphatic rings. The fraction of sp³-hybridized carbons (Fsp3) is 0.111. The van der Waals surface area contributed by atoms with E-state index in [0.717, 1.165) is 17.3 Å². The molecule has 10 heteroatoms. The van der Waals surface area contributed by atoms with Crippen molar-refractivity contribution in [2.45, 2.75) is 6.18 Å². The van der Waals surface area contributed by atoms with Gasteiger partial charge in [-0.2, -0.15) is 18.2 Å². The molecular weight excluding hydrogens is 375 g/mol. The van der Waals surface area contributed by atoms with Crippen LogP contribution in [0.3, 0.4) is 0 Å². The maximum Gasteiger partial charge on any atom is 0.433 e. The molecule has 28 heavy (non-hydrogen) atoms. The zero-order valence-electron chi connectivity index (χ0n) is 14.4. The fourth-order valence-corrected chi connectivity index (χ4v) is 2.59. The molecular formula is C18H12F3N5O2. The molecule has 0 spiro atoms. The van der Waals surface area contributed by atoms with Gasteiger partial charge in [-0.05, 0) is 34.1 Å². The van der Waals surface area contributed by atoms with Gasteiger partial charge in [-0.25, -0.2) is 4.63 Å². The number of benzene rings is 1. The molecule has 0 bridgehead atoms. The van der Waals surface area contributed by atoms with Gasteiger partial charge in [0.15, 0.2) is 5.52 Å². The number of hydrogen-bond donors (Lipinski definition) is 1. The number of nitrogens with one attached hydrogen (secondary N) is 1. The van der Waals surface area contributed by atoms with E-state index in [0.29, 0.717) is 28.3 Å². The average molecular weight is 387 g/mol. The molecule has 3 aromatic heterocycles. The number of alkyl halides is 3. The number of pyridine rings is 2. The largest absolute Gasteiger partial charge is 0.479 e. The molecule has 0 atom stereocenters. The summed E-state index contributed by atoms with van der Waals surface area (Å²) in [5.74, 6) is 0.319. The average Bonchev–Trinajstić information content (AvgIpc) is 3.14. The zero-order valence-corrected chi connectivity index (χ0v) is 14.4. The van der Waals surface area contributed by atoms with Crippen LogP contribution in [0.1, 0.15) is 5.69 Å². The van der Waals surface area contributed by atoms with Crippen LogP contribution in [0.2, 0.25) is 0 Å². The van der Waals surface area contributed by atoms with Crippen molar-refractivity contribution in [1.82, 2.24) is 20.3 Å². The van der Waals surface area contributed by atoms with E-state index < -0.39 is 11.9 Å². The lowest BCUT2D eigenvalue weighted by molar-refractivity contribution is -0.141. The van der Waals surface area contributed by atoms with E-state index in [2.05, 4.69) is 30.2 Å². The molecule has 4 rings (SSSR count). The molecule has 0 saturated carbocycles.